The van der Waals surface area contributed by atoms with Gasteiger partial charge in [0.05, 0.1) is 0 Å². The zero-order valence-electron chi connectivity index (χ0n) is 16.0. The molecule has 0 atom stereocenters. The molecule has 1 saturated carbocycles. The summed E-state index contributed by atoms with van der Waals surface area (Å²) in [5.74, 6) is 0.493. The topological polar surface area (TPSA) is 66.9 Å². The molecular weight excluding hydrogens is 324 g/mol. The Bertz CT molecular complexity index is 633. The highest BCUT2D eigenvalue weighted by atomic mass is 16.1. The van der Waals surface area contributed by atoms with Crippen LogP contribution in [0, 0.1) is 6.92 Å². The van der Waals surface area contributed by atoms with Crippen LogP contribution in [0.15, 0.2) is 17.7 Å². The van der Waals surface area contributed by atoms with Crippen LogP contribution < -0.4 is 10.6 Å². The van der Waals surface area contributed by atoms with E-state index >= 15 is 0 Å². The molecule has 1 amide bonds. The van der Waals surface area contributed by atoms with E-state index in [2.05, 4.69) is 26.7 Å². The van der Waals surface area contributed by atoms with Gasteiger partial charge in [-0.25, -0.2) is 9.97 Å². The molecule has 1 aromatic rings. The molecule has 1 heterocycles. The van der Waals surface area contributed by atoms with Crippen LogP contribution in [0.2, 0.25) is 0 Å². The molecule has 0 saturated heterocycles. The summed E-state index contributed by atoms with van der Waals surface area (Å²) in [7, 11) is 0. The number of anilines is 1. The second-order valence-electron chi connectivity index (χ2n) is 7.67. The van der Waals surface area contributed by atoms with Gasteiger partial charge in [-0.15, -0.1) is 0 Å². The Morgan fingerprint density at radius 1 is 1.12 bits per heavy atom. The van der Waals surface area contributed by atoms with Gasteiger partial charge in [-0.3, -0.25) is 4.79 Å². The lowest BCUT2D eigenvalue weighted by Crippen LogP contribution is -2.27. The molecule has 0 aromatic carbocycles. The van der Waals surface area contributed by atoms with Gasteiger partial charge in [-0.1, -0.05) is 37.3 Å². The number of allylic oxidation sites excluding steroid dienone is 1. The largest absolute Gasteiger partial charge is 0.351 e. The number of aryl methyl sites for hydroxylation is 1. The number of aromatic nitrogens is 2. The third-order valence-electron chi connectivity index (χ3n) is 5.39. The van der Waals surface area contributed by atoms with Gasteiger partial charge in [0.1, 0.15) is 5.69 Å². The number of carbonyl (C=O) groups excluding carboxylic acids is 1. The smallest absolute Gasteiger partial charge is 0.270 e. The summed E-state index contributed by atoms with van der Waals surface area (Å²) in [6.45, 7) is 2.60. The van der Waals surface area contributed by atoms with Crippen molar-refractivity contribution in [2.24, 2.45) is 0 Å². The fraction of sp³-hybridized carbons (Fsp3) is 0.667. The van der Waals surface area contributed by atoms with Crippen molar-refractivity contribution in [3.63, 3.8) is 0 Å². The summed E-state index contributed by atoms with van der Waals surface area (Å²) in [5.41, 5.74) is 2.77. The lowest BCUT2D eigenvalue weighted by Gasteiger charge is -2.17. The highest BCUT2D eigenvalue weighted by molar-refractivity contribution is 5.92. The number of carbonyl (C=O) groups is 1. The highest BCUT2D eigenvalue weighted by Crippen LogP contribution is 2.21. The SMILES string of the molecule is Cc1cc(C(=O)NCCC2=CCCCC2)nc(NC2CCCCCC2)n1. The molecule has 2 aliphatic rings. The molecule has 2 N–H and O–H groups in total. The summed E-state index contributed by atoms with van der Waals surface area (Å²) in [6, 6.07) is 2.20. The predicted molar refractivity (Wildman–Crippen MR) is 105 cm³/mol. The number of hydrogen-bond acceptors (Lipinski definition) is 4. The van der Waals surface area contributed by atoms with E-state index in [0.29, 0.717) is 24.2 Å². The summed E-state index contributed by atoms with van der Waals surface area (Å²) in [5, 5.41) is 6.47. The van der Waals surface area contributed by atoms with Crippen LogP contribution in [-0.2, 0) is 0 Å². The lowest BCUT2D eigenvalue weighted by atomic mass is 9.97. The van der Waals surface area contributed by atoms with Crippen molar-refractivity contribution in [3.8, 4) is 0 Å². The van der Waals surface area contributed by atoms with Crippen molar-refractivity contribution in [3.05, 3.63) is 29.1 Å². The van der Waals surface area contributed by atoms with Crippen LogP contribution >= 0.6 is 0 Å². The Kier molecular flexibility index (Phi) is 7.04. The second-order valence-corrected chi connectivity index (χ2v) is 7.67. The maximum atomic E-state index is 12.5. The highest BCUT2D eigenvalue weighted by Gasteiger charge is 2.15. The van der Waals surface area contributed by atoms with E-state index in [1.54, 1.807) is 6.07 Å². The fourth-order valence-electron chi connectivity index (χ4n) is 3.91. The number of nitrogens with one attached hydrogen (secondary N) is 2. The first kappa shape index (κ1) is 18.9. The van der Waals surface area contributed by atoms with Crippen molar-refractivity contribution < 1.29 is 4.79 Å². The van der Waals surface area contributed by atoms with Crippen molar-refractivity contribution in [2.45, 2.75) is 83.6 Å². The standard InChI is InChI=1S/C21H32N4O/c1-16-15-19(20(26)22-14-13-17-9-5-4-6-10-17)25-21(23-16)24-18-11-7-2-3-8-12-18/h9,15,18H,2-8,10-14H2,1H3,(H,22,26)(H,23,24,25). The number of amides is 1. The Morgan fingerprint density at radius 2 is 1.92 bits per heavy atom. The number of hydrogen-bond donors (Lipinski definition) is 2. The molecule has 1 fully saturated rings. The van der Waals surface area contributed by atoms with E-state index in [0.717, 1.165) is 25.0 Å². The van der Waals surface area contributed by atoms with Gasteiger partial charge in [0, 0.05) is 18.3 Å². The van der Waals surface area contributed by atoms with Crippen LogP contribution in [0.25, 0.3) is 0 Å². The molecule has 1 aromatic heterocycles. The van der Waals surface area contributed by atoms with Gasteiger partial charge >= 0.3 is 0 Å². The van der Waals surface area contributed by atoms with Gasteiger partial charge in [-0.05, 0) is 57.9 Å². The summed E-state index contributed by atoms with van der Waals surface area (Å²) >= 11 is 0. The van der Waals surface area contributed by atoms with E-state index < -0.39 is 0 Å². The first-order chi connectivity index (χ1) is 12.7. The Morgan fingerprint density at radius 3 is 2.65 bits per heavy atom. The minimum atomic E-state index is -0.101. The number of nitrogens with zero attached hydrogens (tertiary/aromatic N) is 2. The van der Waals surface area contributed by atoms with Crippen molar-refractivity contribution in [1.82, 2.24) is 15.3 Å². The average Bonchev–Trinajstić information content (AvgIpc) is 2.91. The molecule has 142 valence electrons. The molecule has 5 nitrogen and oxygen atoms in total. The van der Waals surface area contributed by atoms with E-state index in [-0.39, 0.29) is 5.91 Å². The van der Waals surface area contributed by atoms with Crippen molar-refractivity contribution >= 4 is 11.9 Å². The molecule has 2 aliphatic carbocycles. The molecule has 0 bridgehead atoms. The second kappa shape index (κ2) is 9.70. The normalized spacial score (nSPS) is 18.7. The van der Waals surface area contributed by atoms with E-state index in [1.807, 2.05) is 6.92 Å². The van der Waals surface area contributed by atoms with Gasteiger partial charge < -0.3 is 10.6 Å². The van der Waals surface area contributed by atoms with Crippen LogP contribution in [0.3, 0.4) is 0 Å². The summed E-state index contributed by atoms with van der Waals surface area (Å²) in [6.07, 6.45) is 15.7. The third kappa shape index (κ3) is 5.82. The van der Waals surface area contributed by atoms with Gasteiger partial charge in [0.25, 0.3) is 5.91 Å². The van der Waals surface area contributed by atoms with Crippen molar-refractivity contribution in [2.75, 3.05) is 11.9 Å². The molecule has 26 heavy (non-hydrogen) atoms. The van der Waals surface area contributed by atoms with E-state index in [1.165, 1.54) is 56.9 Å². The Hall–Kier alpha value is -1.91. The minimum Gasteiger partial charge on any atom is -0.351 e. The van der Waals surface area contributed by atoms with Crippen LogP contribution in [0.5, 0.6) is 0 Å². The van der Waals surface area contributed by atoms with Crippen LogP contribution in [0.4, 0.5) is 5.95 Å². The zero-order valence-corrected chi connectivity index (χ0v) is 16.0. The minimum absolute atomic E-state index is 0.101. The Labute approximate surface area is 157 Å². The first-order valence-corrected chi connectivity index (χ1v) is 10.3. The summed E-state index contributed by atoms with van der Waals surface area (Å²) < 4.78 is 0. The zero-order chi connectivity index (χ0) is 18.2. The predicted octanol–water partition coefficient (Wildman–Crippen LogP) is 4.54. The summed E-state index contributed by atoms with van der Waals surface area (Å²) in [4.78, 5) is 21.4. The van der Waals surface area contributed by atoms with Crippen LogP contribution in [-0.4, -0.2) is 28.5 Å². The molecule has 0 radical (unpaired) electrons. The fourth-order valence-corrected chi connectivity index (χ4v) is 3.91. The van der Waals surface area contributed by atoms with Gasteiger partial charge in [-0.2, -0.15) is 0 Å². The number of rotatable bonds is 6. The maximum Gasteiger partial charge on any atom is 0.270 e. The maximum absolute atomic E-state index is 12.5. The Balaban J connectivity index is 1.55. The molecule has 0 unspecified atom stereocenters. The quantitative estimate of drug-likeness (QED) is 0.580. The van der Waals surface area contributed by atoms with Crippen LogP contribution in [0.1, 0.15) is 86.8 Å². The van der Waals surface area contributed by atoms with Crippen molar-refractivity contribution in [1.29, 1.82) is 0 Å². The monoisotopic (exact) mass is 356 g/mol. The average molecular weight is 357 g/mol. The first-order valence-electron chi connectivity index (χ1n) is 10.3. The lowest BCUT2D eigenvalue weighted by molar-refractivity contribution is 0.0949. The van der Waals surface area contributed by atoms with Gasteiger partial charge in [0.15, 0.2) is 0 Å². The molecule has 0 aliphatic heterocycles. The molecule has 0 spiro atoms. The third-order valence-corrected chi connectivity index (χ3v) is 5.39. The van der Waals surface area contributed by atoms with Gasteiger partial charge in [0.2, 0.25) is 5.95 Å². The molecular formula is C21H32N4O. The molecule has 3 rings (SSSR count). The van der Waals surface area contributed by atoms with E-state index in [4.69, 9.17) is 0 Å². The van der Waals surface area contributed by atoms with E-state index in [9.17, 15) is 4.79 Å². The molecule has 5 heteroatoms.